The zero-order chi connectivity index (χ0) is 89.2. The number of sulfone groups is 1. The van der Waals surface area contributed by atoms with E-state index in [9.17, 15) is 28.5 Å². The fourth-order valence-corrected chi connectivity index (χ4v) is 19.5. The van der Waals surface area contributed by atoms with Gasteiger partial charge in [-0.3, -0.25) is 9.69 Å². The Balaban J connectivity index is 0.000000721. The predicted molar refractivity (Wildman–Crippen MR) is 520 cm³/mol. The molecule has 7 aromatic carbocycles. The zero-order valence-corrected chi connectivity index (χ0v) is 87.4. The maximum absolute atomic E-state index is 12.9. The number of nitrogens with zero attached hydrogens (tertiary/aromatic N) is 3. The van der Waals surface area contributed by atoms with Crippen LogP contribution in [0.2, 0.25) is 0 Å². The average Bonchev–Trinajstić information content (AvgIpc) is 0.809. The Morgan fingerprint density at radius 1 is 0.484 bits per heavy atom. The number of carbonyl (C=O) groups is 1. The Hall–Kier alpha value is -2.34. The van der Waals surface area contributed by atoms with Gasteiger partial charge in [0.1, 0.15) is 17.0 Å². The number of aliphatic hydroxyl groups is 2. The molecule has 0 spiro atoms. The maximum Gasteiger partial charge on any atom is 1.00 e. The molecule has 0 bridgehead atoms. The maximum atomic E-state index is 12.9. The molecule has 2 atom stereocenters. The van der Waals surface area contributed by atoms with Gasteiger partial charge in [0.15, 0.2) is 9.84 Å². The quantitative estimate of drug-likeness (QED) is 0.0139. The number of carbonyl (C=O) groups excluding carboxylic acids is 1. The summed E-state index contributed by atoms with van der Waals surface area (Å²) in [5.41, 5.74) is 6.40. The van der Waals surface area contributed by atoms with Crippen LogP contribution in [0, 0.1) is 6.07 Å². The fourth-order valence-electron chi connectivity index (χ4n) is 15.6. The van der Waals surface area contributed by atoms with Crippen LogP contribution in [0.3, 0.4) is 0 Å². The molecular formula is C97H142BrCl2Li2N6O10S8-. The number of rotatable bonds is 25. The normalized spacial score (nSPS) is 19.8. The second kappa shape index (κ2) is 68.6. The van der Waals surface area contributed by atoms with Crippen molar-refractivity contribution in [3.05, 3.63) is 220 Å². The number of likely N-dealkylation sites (tertiary alicyclic amines) is 4. The van der Waals surface area contributed by atoms with Crippen molar-refractivity contribution in [2.24, 2.45) is 0 Å². The van der Waals surface area contributed by atoms with Gasteiger partial charge in [-0.2, -0.15) is 42.1 Å². The number of hydrogen-bond donors (Lipinski definition) is 5. The Kier molecular flexibility index (Phi) is 66.3. The minimum absolute atomic E-state index is 0. The van der Waals surface area contributed by atoms with Crippen molar-refractivity contribution >= 4 is 125 Å². The third-order valence-electron chi connectivity index (χ3n) is 22.6. The van der Waals surface area contributed by atoms with Crippen molar-refractivity contribution < 1.29 is 124 Å². The minimum Gasteiger partial charge on any atom is -1.00 e. The molecular weight excluding hydrogens is 1830 g/mol. The van der Waals surface area contributed by atoms with Crippen LogP contribution in [0.15, 0.2) is 221 Å². The fraction of sp³-hybridized carbons (Fsp3) is 0.515. The van der Waals surface area contributed by atoms with Crippen molar-refractivity contribution in [1.29, 1.82) is 0 Å². The standard InChI is InChI=1S/C15H21NO2S.2C15H23NOS.C15H22NOS.C15H21NS.C8H15NO.C7H7BrS.C7H7S.2ClH.2Li.H2O4S/c1-3-9-16-10-7-13(8-11-16)14-5-4-6-15(12-14)19(2,17)18;3*1-3-9-16-10-7-15(17,8-11-16)13-5-4-6-14(12-13)18-2;1-3-9-16-10-7-13(8-11-16)14-5-4-6-15(12-14)17-2;1-2-5-9-6-3-8(10)4-7-9;1-9-7-4-2-3-6(8)5-7;1-8-7-5-3-2-4-6-7;;;;;1-4-5(2)3/h4-7,12H,3,8-11H2,1-2H3;2*4-6,12,17H,3,7-11H2,1-2H3;4-6,12H,3,7-11H2,1-2H3;4-7,12H,3,8-11H2,1-2H3;2-7H2,1H3;2-5H,1H3;2-3,5-6H,1H3;2*1H;;;1H,(H,2,3)/q;;;-1;;;;-1;;;2*+1;/p-1. The largest absolute Gasteiger partial charge is 1.00 e. The molecule has 126 heavy (non-hydrogen) atoms. The first kappa shape index (κ1) is 122. The summed E-state index contributed by atoms with van der Waals surface area (Å²) in [7, 11) is -3.12. The van der Waals surface area contributed by atoms with Gasteiger partial charge in [-0.1, -0.05) is 141 Å². The minimum atomic E-state index is -3.12. The molecule has 0 aromatic heterocycles. The van der Waals surface area contributed by atoms with E-state index in [2.05, 4.69) is 235 Å². The van der Waals surface area contributed by atoms with Crippen molar-refractivity contribution in [2.45, 2.75) is 195 Å². The van der Waals surface area contributed by atoms with Crippen LogP contribution < -0.4 is 87.6 Å². The van der Waals surface area contributed by atoms with E-state index < -0.39 is 38.0 Å². The first-order valence-corrected chi connectivity index (χ1v) is 54.6. The molecule has 2 unspecified atom stereocenters. The molecule has 29 heteroatoms. The molecule has 0 radical (unpaired) electrons. The molecule has 7 aromatic rings. The van der Waals surface area contributed by atoms with Crippen LogP contribution >= 0.6 is 86.5 Å². The van der Waals surface area contributed by atoms with Gasteiger partial charge in [0.2, 0.25) is 0 Å². The zero-order valence-electron chi connectivity index (χ0n) is 77.8. The third kappa shape index (κ3) is 46.3. The van der Waals surface area contributed by atoms with Gasteiger partial charge in [-0.05, 0) is 246 Å². The van der Waals surface area contributed by atoms with Crippen molar-refractivity contribution in [2.75, 3.05) is 162 Å². The molecule has 4 saturated heterocycles. The smallest absolute Gasteiger partial charge is 1.00 e. The second-order valence-corrected chi connectivity index (χ2v) is 40.4. The Bertz CT molecular complexity index is 4120. The topological polar surface area (TPSA) is 210 Å². The second-order valence-electron chi connectivity index (χ2n) is 31.6. The summed E-state index contributed by atoms with van der Waals surface area (Å²) in [5, 5.41) is 43.1. The van der Waals surface area contributed by atoms with E-state index in [1.165, 1.54) is 124 Å². The van der Waals surface area contributed by atoms with Gasteiger partial charge < -0.3 is 78.8 Å². The Morgan fingerprint density at radius 3 is 1.26 bits per heavy atom. The monoisotopic (exact) mass is 1970 g/mol. The van der Waals surface area contributed by atoms with E-state index in [-0.39, 0.29) is 62.5 Å². The van der Waals surface area contributed by atoms with E-state index in [1.807, 2.05) is 66.4 Å². The first-order chi connectivity index (χ1) is 58.7. The predicted octanol–water partition coefficient (Wildman–Crippen LogP) is 3.45. The van der Waals surface area contributed by atoms with Gasteiger partial charge in [0.05, 0.1) is 75.2 Å². The van der Waals surface area contributed by atoms with Gasteiger partial charge in [0, 0.05) is 106 Å². The molecule has 5 N–H and O–H groups in total. The Labute approximate surface area is 832 Å². The summed E-state index contributed by atoms with van der Waals surface area (Å²) in [4.78, 5) is 31.0. The number of thioether (sulfide) groups is 6. The van der Waals surface area contributed by atoms with E-state index >= 15 is 0 Å². The SMILES string of the molecule is CCCN1CC=C(c2cccc(S(C)(=O)=O)c2)CC1.CCCN1CCC(=O)CC1.CCCN1CCC([O-])(c2cccc(SC)c2)CC1.CCC[NH+]1CC=C(c2cccc(SC)c2)CC1.CCC[NH+]1CCC(O)(c2cccc(SC)c2)CC1.CCC[NH+]1CCC(O)(c2cccc(SC)c2)CC1.CSc1c[c-]ccc1.CSc1cccc(Br)c1.O=S([O-])O[O-].[Cl-].[Cl-].[Li+].[Li+]. The van der Waals surface area contributed by atoms with Crippen LogP contribution in [-0.2, 0) is 47.1 Å². The molecule has 4 fully saturated rings. The summed E-state index contributed by atoms with van der Waals surface area (Å²) in [5.74, 6) is 0.437. The number of Topliss-reactive ketones (excluding diaryl/α,β-unsaturated/α-hetero) is 1. The van der Waals surface area contributed by atoms with E-state index in [0.29, 0.717) is 10.7 Å². The number of ketones is 1. The van der Waals surface area contributed by atoms with Gasteiger partial charge in [-0.25, -0.2) is 12.6 Å². The molecule has 6 aliphatic rings. The molecule has 692 valence electrons. The molecule has 0 aliphatic carbocycles. The van der Waals surface area contributed by atoms with Crippen LogP contribution in [0.1, 0.15) is 172 Å². The number of nitrogens with one attached hydrogen (secondary N) is 3. The van der Waals surface area contributed by atoms with Crippen molar-refractivity contribution in [3.8, 4) is 0 Å². The molecule has 6 heterocycles. The Morgan fingerprint density at radius 2 is 0.873 bits per heavy atom. The molecule has 16 nitrogen and oxygen atoms in total. The summed E-state index contributed by atoms with van der Waals surface area (Å²) >= 11 is 11.0. The average molecular weight is 1970 g/mol. The number of piperidine rings is 4. The third-order valence-corrected chi connectivity index (χ3v) is 28.7. The van der Waals surface area contributed by atoms with Crippen LogP contribution in [0.4, 0.5) is 0 Å². The number of benzene rings is 7. The van der Waals surface area contributed by atoms with Crippen LogP contribution in [0.25, 0.3) is 11.1 Å². The molecule has 13 rings (SSSR count). The molecule has 6 aliphatic heterocycles. The van der Waals surface area contributed by atoms with Crippen molar-refractivity contribution in [1.82, 2.24) is 14.7 Å². The number of quaternary nitrogens is 3. The van der Waals surface area contributed by atoms with E-state index in [0.717, 1.165) is 170 Å². The van der Waals surface area contributed by atoms with Gasteiger partial charge in [-0.15, -0.1) is 63.7 Å². The van der Waals surface area contributed by atoms with Crippen LogP contribution in [0.5, 0.6) is 0 Å². The molecule has 0 saturated carbocycles. The summed E-state index contributed by atoms with van der Waals surface area (Å²) in [6.45, 7) is 33.3. The summed E-state index contributed by atoms with van der Waals surface area (Å²) < 4.78 is 44.4. The molecule has 0 amide bonds. The summed E-state index contributed by atoms with van der Waals surface area (Å²) in [6.07, 6.45) is 34.5. The van der Waals surface area contributed by atoms with Gasteiger partial charge in [0.25, 0.3) is 0 Å². The summed E-state index contributed by atoms with van der Waals surface area (Å²) in [6, 6.07) is 60.3. The number of halogens is 3. The first-order valence-electron chi connectivity index (χ1n) is 43.5. The number of hydrogen-bond acceptors (Lipinski definition) is 19. The van der Waals surface area contributed by atoms with Gasteiger partial charge >= 0.3 is 37.7 Å². The van der Waals surface area contributed by atoms with Crippen molar-refractivity contribution in [3.63, 3.8) is 0 Å². The van der Waals surface area contributed by atoms with E-state index in [4.69, 9.17) is 14.0 Å². The van der Waals surface area contributed by atoms with E-state index in [1.54, 1.807) is 91.2 Å². The van der Waals surface area contributed by atoms with Crippen LogP contribution in [-0.4, -0.2) is 209 Å².